The zero-order chi connectivity index (χ0) is 21.2. The number of rotatable bonds is 6. The largest absolute Gasteiger partial charge is 0.268 e. The second-order valence-electron chi connectivity index (χ2n) is 5.88. The molecule has 0 atom stereocenters. The van der Waals surface area contributed by atoms with E-state index in [1.807, 2.05) is 0 Å². The molecule has 2 aromatic carbocycles. The molecular formula is C18H13Cl3FN3O3S. The topological polar surface area (TPSA) is 81.1 Å². The molecule has 0 saturated heterocycles. The van der Waals surface area contributed by atoms with Gasteiger partial charge in [-0.25, -0.2) is 22.2 Å². The molecule has 1 heterocycles. The van der Waals surface area contributed by atoms with E-state index in [0.717, 1.165) is 10.7 Å². The highest BCUT2D eigenvalue weighted by Gasteiger charge is 2.19. The van der Waals surface area contributed by atoms with Gasteiger partial charge in [-0.2, -0.15) is 5.10 Å². The fraction of sp³-hybridized carbons (Fsp3) is 0.111. The van der Waals surface area contributed by atoms with Crippen molar-refractivity contribution in [2.75, 3.05) is 6.54 Å². The van der Waals surface area contributed by atoms with Gasteiger partial charge in [0.1, 0.15) is 10.7 Å². The SMILES string of the molecule is O=c1ccc(-c2ccc(F)cc2)nn1CCNS(=O)(=O)c1cc(Cl)c(Cl)cc1Cl. The Morgan fingerprint density at radius 1 is 0.966 bits per heavy atom. The number of aromatic nitrogens is 2. The highest BCUT2D eigenvalue weighted by molar-refractivity contribution is 7.89. The first-order chi connectivity index (χ1) is 13.7. The zero-order valence-corrected chi connectivity index (χ0v) is 17.7. The van der Waals surface area contributed by atoms with Crippen LogP contribution in [0.2, 0.25) is 15.1 Å². The van der Waals surface area contributed by atoms with Gasteiger partial charge >= 0.3 is 0 Å². The molecule has 0 spiro atoms. The molecule has 11 heteroatoms. The third kappa shape index (κ3) is 5.15. The van der Waals surface area contributed by atoms with Crippen LogP contribution >= 0.6 is 34.8 Å². The molecule has 0 saturated carbocycles. The van der Waals surface area contributed by atoms with Crippen LogP contribution in [0.15, 0.2) is 58.2 Å². The first-order valence-corrected chi connectivity index (χ1v) is 10.8. The standard InChI is InChI=1S/C18H13Cl3FN3O3S/c19-13-9-15(21)17(10-14(13)20)29(27,28)23-7-8-25-18(26)6-5-16(24-25)11-1-3-12(22)4-2-11/h1-6,9-10,23H,7-8H2. The molecule has 3 aromatic rings. The maximum absolute atomic E-state index is 13.1. The summed E-state index contributed by atoms with van der Waals surface area (Å²) in [7, 11) is -3.99. The van der Waals surface area contributed by atoms with Gasteiger partial charge in [0.2, 0.25) is 10.0 Å². The van der Waals surface area contributed by atoms with Gasteiger partial charge in [-0.05, 0) is 42.5 Å². The molecular weight excluding hydrogens is 464 g/mol. The third-order valence-corrected chi connectivity index (χ3v) is 6.53. The van der Waals surface area contributed by atoms with Gasteiger partial charge in [0.25, 0.3) is 5.56 Å². The van der Waals surface area contributed by atoms with Gasteiger partial charge in [-0.1, -0.05) is 34.8 Å². The van der Waals surface area contributed by atoms with Crippen LogP contribution in [0.3, 0.4) is 0 Å². The van der Waals surface area contributed by atoms with Crippen molar-refractivity contribution in [3.8, 4) is 11.3 Å². The average Bonchev–Trinajstić information content (AvgIpc) is 2.66. The minimum atomic E-state index is -3.99. The van der Waals surface area contributed by atoms with E-state index in [0.29, 0.717) is 11.3 Å². The number of benzene rings is 2. The van der Waals surface area contributed by atoms with Crippen molar-refractivity contribution in [1.82, 2.24) is 14.5 Å². The molecule has 0 bridgehead atoms. The summed E-state index contributed by atoms with van der Waals surface area (Å²) in [6, 6.07) is 10.8. The molecule has 1 N–H and O–H groups in total. The predicted molar refractivity (Wildman–Crippen MR) is 111 cm³/mol. The number of hydrogen-bond acceptors (Lipinski definition) is 4. The highest BCUT2D eigenvalue weighted by Crippen LogP contribution is 2.31. The van der Waals surface area contributed by atoms with Gasteiger partial charge in [0.15, 0.2) is 0 Å². The van der Waals surface area contributed by atoms with E-state index >= 15 is 0 Å². The Kier molecular flexibility index (Phi) is 6.60. The number of nitrogens with one attached hydrogen (secondary N) is 1. The molecule has 0 unspecified atom stereocenters. The van der Waals surface area contributed by atoms with E-state index in [9.17, 15) is 17.6 Å². The van der Waals surface area contributed by atoms with Crippen molar-refractivity contribution in [2.24, 2.45) is 0 Å². The van der Waals surface area contributed by atoms with E-state index in [-0.39, 0.29) is 33.1 Å². The molecule has 152 valence electrons. The highest BCUT2D eigenvalue weighted by atomic mass is 35.5. The average molecular weight is 477 g/mol. The zero-order valence-electron chi connectivity index (χ0n) is 14.6. The van der Waals surface area contributed by atoms with Crippen molar-refractivity contribution in [2.45, 2.75) is 11.4 Å². The van der Waals surface area contributed by atoms with Crippen LogP contribution < -0.4 is 10.3 Å². The van der Waals surface area contributed by atoms with Gasteiger partial charge in [0.05, 0.1) is 27.3 Å². The summed E-state index contributed by atoms with van der Waals surface area (Å²) in [5, 5.41) is 4.28. The smallest absolute Gasteiger partial charge is 0.266 e. The lowest BCUT2D eigenvalue weighted by Gasteiger charge is -2.11. The lowest BCUT2D eigenvalue weighted by atomic mass is 10.1. The van der Waals surface area contributed by atoms with Crippen molar-refractivity contribution in [3.05, 3.63) is 79.8 Å². The summed E-state index contributed by atoms with van der Waals surface area (Å²) in [6.45, 7) is -0.162. The number of nitrogens with zero attached hydrogens (tertiary/aromatic N) is 2. The number of halogens is 4. The molecule has 0 aliphatic rings. The molecule has 6 nitrogen and oxygen atoms in total. The molecule has 0 amide bonds. The predicted octanol–water partition coefficient (Wildman–Crippen LogP) is 3.99. The fourth-order valence-corrected chi connectivity index (χ4v) is 4.48. The van der Waals surface area contributed by atoms with Crippen molar-refractivity contribution in [3.63, 3.8) is 0 Å². The second kappa shape index (κ2) is 8.81. The van der Waals surface area contributed by atoms with Crippen LogP contribution in [-0.4, -0.2) is 24.7 Å². The van der Waals surface area contributed by atoms with E-state index < -0.39 is 21.4 Å². The normalized spacial score (nSPS) is 11.6. The number of sulfonamides is 1. The van der Waals surface area contributed by atoms with Gasteiger partial charge in [-0.3, -0.25) is 4.79 Å². The quantitative estimate of drug-likeness (QED) is 0.546. The Morgan fingerprint density at radius 2 is 1.62 bits per heavy atom. The van der Waals surface area contributed by atoms with E-state index in [4.69, 9.17) is 34.8 Å². The van der Waals surface area contributed by atoms with E-state index in [1.165, 1.54) is 42.5 Å². The van der Waals surface area contributed by atoms with Crippen LogP contribution in [0.25, 0.3) is 11.3 Å². The third-order valence-electron chi connectivity index (χ3n) is 3.89. The van der Waals surface area contributed by atoms with Crippen molar-refractivity contribution >= 4 is 44.8 Å². The van der Waals surface area contributed by atoms with E-state index in [2.05, 4.69) is 9.82 Å². The van der Waals surface area contributed by atoms with E-state index in [1.54, 1.807) is 0 Å². The summed E-state index contributed by atoms with van der Waals surface area (Å²) < 4.78 is 41.5. The molecule has 0 aliphatic carbocycles. The Hall–Kier alpha value is -1.97. The molecule has 29 heavy (non-hydrogen) atoms. The van der Waals surface area contributed by atoms with Crippen molar-refractivity contribution < 1.29 is 12.8 Å². The molecule has 0 aliphatic heterocycles. The van der Waals surface area contributed by atoms with Crippen LogP contribution in [0.5, 0.6) is 0 Å². The minimum Gasteiger partial charge on any atom is -0.268 e. The van der Waals surface area contributed by atoms with Crippen LogP contribution in [0, 0.1) is 5.82 Å². The van der Waals surface area contributed by atoms with Gasteiger partial charge in [0, 0.05) is 18.2 Å². The van der Waals surface area contributed by atoms with Gasteiger partial charge in [-0.15, -0.1) is 0 Å². The lowest BCUT2D eigenvalue weighted by molar-refractivity contribution is 0.549. The molecule has 3 rings (SSSR count). The fourth-order valence-electron chi connectivity index (χ4n) is 2.46. The van der Waals surface area contributed by atoms with Gasteiger partial charge < -0.3 is 0 Å². The Labute approximate surface area is 180 Å². The maximum Gasteiger partial charge on any atom is 0.266 e. The molecule has 1 aromatic heterocycles. The number of hydrogen-bond donors (Lipinski definition) is 1. The van der Waals surface area contributed by atoms with Crippen LogP contribution in [-0.2, 0) is 16.6 Å². The lowest BCUT2D eigenvalue weighted by Crippen LogP contribution is -2.32. The van der Waals surface area contributed by atoms with Crippen LogP contribution in [0.4, 0.5) is 4.39 Å². The summed E-state index contributed by atoms with van der Waals surface area (Å²) >= 11 is 17.6. The second-order valence-corrected chi connectivity index (χ2v) is 8.84. The van der Waals surface area contributed by atoms with Crippen LogP contribution in [0.1, 0.15) is 0 Å². The summed E-state index contributed by atoms with van der Waals surface area (Å²) in [4.78, 5) is 11.8. The monoisotopic (exact) mass is 475 g/mol. The minimum absolute atomic E-state index is 0.0357. The summed E-state index contributed by atoms with van der Waals surface area (Å²) in [6.07, 6.45) is 0. The molecule has 0 radical (unpaired) electrons. The van der Waals surface area contributed by atoms with Crippen molar-refractivity contribution in [1.29, 1.82) is 0 Å². The first-order valence-electron chi connectivity index (χ1n) is 8.16. The molecule has 0 fully saturated rings. The summed E-state index contributed by atoms with van der Waals surface area (Å²) in [5.74, 6) is -0.391. The maximum atomic E-state index is 13.1. The Bertz CT molecular complexity index is 1220. The Morgan fingerprint density at radius 3 is 2.31 bits per heavy atom. The Balaban J connectivity index is 1.76. The summed E-state index contributed by atoms with van der Waals surface area (Å²) in [5.41, 5.74) is 0.644. The first kappa shape index (κ1) is 21.7.